The Morgan fingerprint density at radius 2 is 1.91 bits per heavy atom. The molecule has 0 atom stereocenters. The number of nitrogens with one attached hydrogen (secondary N) is 1. The van der Waals surface area contributed by atoms with E-state index in [-0.39, 0.29) is 5.56 Å². The second kappa shape index (κ2) is 5.10. The predicted molar refractivity (Wildman–Crippen MR) is 98.4 cm³/mol. The number of thiophene rings is 1. The van der Waals surface area contributed by atoms with Crippen molar-refractivity contribution in [2.45, 2.75) is 19.8 Å². The Kier molecular flexibility index (Phi) is 3.16. The highest BCUT2D eigenvalue weighted by molar-refractivity contribution is 7.17. The molecule has 3 nitrogen and oxygen atoms in total. The first-order valence-corrected chi connectivity index (χ1v) is 8.63. The van der Waals surface area contributed by atoms with Crippen LogP contribution in [0.2, 0.25) is 0 Å². The number of aryl methyl sites for hydroxylation is 1. The molecule has 23 heavy (non-hydrogen) atoms. The number of hydrogen-bond acceptors (Lipinski definition) is 2. The van der Waals surface area contributed by atoms with Crippen molar-refractivity contribution in [1.82, 2.24) is 9.55 Å². The maximum Gasteiger partial charge on any atom is 0.268 e. The van der Waals surface area contributed by atoms with Crippen LogP contribution in [0.25, 0.3) is 32.2 Å². The van der Waals surface area contributed by atoms with Gasteiger partial charge in [0.1, 0.15) is 4.70 Å². The molecule has 0 unspecified atom stereocenters. The van der Waals surface area contributed by atoms with Crippen molar-refractivity contribution in [3.05, 3.63) is 57.8 Å². The van der Waals surface area contributed by atoms with Gasteiger partial charge in [0, 0.05) is 35.1 Å². The van der Waals surface area contributed by atoms with E-state index >= 15 is 0 Å². The van der Waals surface area contributed by atoms with Crippen molar-refractivity contribution in [3.8, 4) is 11.3 Å². The summed E-state index contributed by atoms with van der Waals surface area (Å²) >= 11 is 1.51. The van der Waals surface area contributed by atoms with Crippen molar-refractivity contribution in [3.63, 3.8) is 0 Å². The molecule has 0 radical (unpaired) electrons. The number of fused-ring (bicyclic) bond motifs is 2. The molecule has 116 valence electrons. The minimum atomic E-state index is 0.0703. The molecule has 1 N–H and O–H groups in total. The van der Waals surface area contributed by atoms with E-state index in [1.54, 1.807) is 4.57 Å². The van der Waals surface area contributed by atoms with E-state index in [0.717, 1.165) is 26.9 Å². The highest BCUT2D eigenvalue weighted by Gasteiger charge is 2.19. The first-order chi connectivity index (χ1) is 11.1. The minimum Gasteiger partial charge on any atom is -0.354 e. The van der Waals surface area contributed by atoms with Crippen LogP contribution in [0.3, 0.4) is 0 Å². The lowest BCUT2D eigenvalue weighted by Crippen LogP contribution is -2.15. The van der Waals surface area contributed by atoms with Gasteiger partial charge < -0.3 is 9.55 Å². The van der Waals surface area contributed by atoms with Crippen LogP contribution in [0.1, 0.15) is 25.3 Å². The third-order valence-electron chi connectivity index (χ3n) is 4.39. The molecule has 0 saturated carbocycles. The highest BCUT2D eigenvalue weighted by Crippen LogP contribution is 2.38. The molecule has 0 amide bonds. The largest absolute Gasteiger partial charge is 0.354 e. The molecular weight excluding hydrogens is 304 g/mol. The van der Waals surface area contributed by atoms with E-state index in [4.69, 9.17) is 0 Å². The molecule has 4 aromatic rings. The van der Waals surface area contributed by atoms with Crippen LogP contribution < -0.4 is 5.56 Å². The Morgan fingerprint density at radius 1 is 1.13 bits per heavy atom. The lowest BCUT2D eigenvalue weighted by atomic mass is 9.95. The van der Waals surface area contributed by atoms with Crippen molar-refractivity contribution in [2.75, 3.05) is 0 Å². The maximum atomic E-state index is 12.3. The standard InChI is InChI=1S/C19H18N2OS/c1-11(2)16-13-6-4-5-7-15(13)20-17(16)14-10-21(3)19(22)18-12(14)8-9-23-18/h4-11,20H,1-3H3. The van der Waals surface area contributed by atoms with Crippen LogP contribution in [0.5, 0.6) is 0 Å². The lowest BCUT2D eigenvalue weighted by molar-refractivity contribution is 0.867. The van der Waals surface area contributed by atoms with Gasteiger partial charge in [-0.3, -0.25) is 4.79 Å². The number of benzene rings is 1. The third kappa shape index (κ3) is 2.05. The van der Waals surface area contributed by atoms with Crippen LogP contribution in [-0.2, 0) is 7.05 Å². The maximum absolute atomic E-state index is 12.3. The number of H-pyrrole nitrogens is 1. The van der Waals surface area contributed by atoms with Crippen LogP contribution >= 0.6 is 11.3 Å². The zero-order chi connectivity index (χ0) is 16.1. The first-order valence-electron chi connectivity index (χ1n) is 7.75. The van der Waals surface area contributed by atoms with E-state index < -0.39 is 0 Å². The number of rotatable bonds is 2. The summed E-state index contributed by atoms with van der Waals surface area (Å²) in [5.74, 6) is 0.395. The van der Waals surface area contributed by atoms with Gasteiger partial charge in [0.25, 0.3) is 5.56 Å². The van der Waals surface area contributed by atoms with Gasteiger partial charge in [-0.1, -0.05) is 32.0 Å². The fourth-order valence-electron chi connectivity index (χ4n) is 3.34. The van der Waals surface area contributed by atoms with Crippen molar-refractivity contribution in [1.29, 1.82) is 0 Å². The van der Waals surface area contributed by atoms with E-state index in [0.29, 0.717) is 5.92 Å². The van der Waals surface area contributed by atoms with E-state index in [9.17, 15) is 4.79 Å². The average Bonchev–Trinajstić information content (AvgIpc) is 3.15. The summed E-state index contributed by atoms with van der Waals surface area (Å²) in [4.78, 5) is 15.9. The second-order valence-corrected chi connectivity index (χ2v) is 7.15. The molecule has 3 heterocycles. The van der Waals surface area contributed by atoms with Gasteiger partial charge in [0.2, 0.25) is 0 Å². The summed E-state index contributed by atoms with van der Waals surface area (Å²) < 4.78 is 2.50. The average molecular weight is 322 g/mol. The second-order valence-electron chi connectivity index (χ2n) is 6.24. The molecule has 0 aliphatic rings. The zero-order valence-electron chi connectivity index (χ0n) is 13.4. The van der Waals surface area contributed by atoms with Gasteiger partial charge in [0.05, 0.1) is 5.69 Å². The molecule has 0 aliphatic heterocycles. The van der Waals surface area contributed by atoms with E-state index in [2.05, 4.69) is 37.0 Å². The smallest absolute Gasteiger partial charge is 0.268 e. The monoisotopic (exact) mass is 322 g/mol. The number of aromatic amines is 1. The Hall–Kier alpha value is -2.33. The van der Waals surface area contributed by atoms with Crippen molar-refractivity contribution >= 4 is 32.3 Å². The topological polar surface area (TPSA) is 37.8 Å². The Labute approximate surface area is 138 Å². The molecule has 0 spiro atoms. The van der Waals surface area contributed by atoms with Crippen molar-refractivity contribution < 1.29 is 0 Å². The quantitative estimate of drug-likeness (QED) is 0.561. The first kappa shape index (κ1) is 14.3. The van der Waals surface area contributed by atoms with E-state index in [1.807, 2.05) is 30.8 Å². The Morgan fingerprint density at radius 3 is 2.70 bits per heavy atom. The van der Waals surface area contributed by atoms with Crippen LogP contribution in [0.4, 0.5) is 0 Å². The number of pyridine rings is 1. The molecule has 0 aliphatic carbocycles. The summed E-state index contributed by atoms with van der Waals surface area (Å²) in [7, 11) is 1.82. The van der Waals surface area contributed by atoms with Gasteiger partial charge in [-0.05, 0) is 29.0 Å². The summed E-state index contributed by atoms with van der Waals surface area (Å²) in [5.41, 5.74) is 4.75. The van der Waals surface area contributed by atoms with Gasteiger partial charge in [-0.2, -0.15) is 0 Å². The summed E-state index contributed by atoms with van der Waals surface area (Å²) in [6, 6.07) is 10.4. The highest BCUT2D eigenvalue weighted by atomic mass is 32.1. The molecule has 0 fully saturated rings. The fraction of sp³-hybridized carbons (Fsp3) is 0.211. The van der Waals surface area contributed by atoms with Gasteiger partial charge in [-0.25, -0.2) is 0 Å². The van der Waals surface area contributed by atoms with Gasteiger partial charge in [0.15, 0.2) is 0 Å². The predicted octanol–water partition coefficient (Wildman–Crippen LogP) is 4.87. The normalized spacial score (nSPS) is 11.8. The minimum absolute atomic E-state index is 0.0703. The van der Waals surface area contributed by atoms with Crippen LogP contribution in [-0.4, -0.2) is 9.55 Å². The molecule has 0 bridgehead atoms. The van der Waals surface area contributed by atoms with Crippen LogP contribution in [0, 0.1) is 0 Å². The van der Waals surface area contributed by atoms with E-state index in [1.165, 1.54) is 22.3 Å². The number of para-hydroxylation sites is 1. The number of aromatic nitrogens is 2. The molecule has 4 heteroatoms. The van der Waals surface area contributed by atoms with Gasteiger partial charge >= 0.3 is 0 Å². The summed E-state index contributed by atoms with van der Waals surface area (Å²) in [6.07, 6.45) is 1.95. The number of hydrogen-bond donors (Lipinski definition) is 1. The molecular formula is C19H18N2OS. The summed E-state index contributed by atoms with van der Waals surface area (Å²) in [5, 5.41) is 4.29. The molecule has 4 rings (SSSR count). The molecule has 1 aromatic carbocycles. The Bertz CT molecular complexity index is 1080. The fourth-order valence-corrected chi connectivity index (χ4v) is 4.23. The molecule has 3 aromatic heterocycles. The summed E-state index contributed by atoms with van der Waals surface area (Å²) in [6.45, 7) is 4.43. The molecule has 0 saturated heterocycles. The zero-order valence-corrected chi connectivity index (χ0v) is 14.2. The lowest BCUT2D eigenvalue weighted by Gasteiger charge is -2.11. The Balaban J connectivity index is 2.15. The van der Waals surface area contributed by atoms with Gasteiger partial charge in [-0.15, -0.1) is 11.3 Å². The third-order valence-corrected chi connectivity index (χ3v) is 5.29. The van der Waals surface area contributed by atoms with Crippen molar-refractivity contribution in [2.24, 2.45) is 7.05 Å². The SMILES string of the molecule is CC(C)c1c(-c2cn(C)c(=O)c3sccc23)[nH]c2ccccc12. The van der Waals surface area contributed by atoms with Crippen LogP contribution in [0.15, 0.2) is 46.7 Å². The number of nitrogens with zero attached hydrogens (tertiary/aromatic N) is 1.